The first-order valence-corrected chi connectivity index (χ1v) is 25.5. The maximum Gasteiger partial charge on any atom is 0.120 e. The topological polar surface area (TPSA) is 43.9 Å². The van der Waals surface area contributed by atoms with E-state index >= 15 is 0 Å². The van der Waals surface area contributed by atoms with Gasteiger partial charge < -0.3 is 14.0 Å². The second-order valence-corrected chi connectivity index (χ2v) is 25.1. The fourth-order valence-corrected chi connectivity index (χ4v) is 10.1. The van der Waals surface area contributed by atoms with Crippen LogP contribution in [0.2, 0.25) is 19.6 Å². The van der Waals surface area contributed by atoms with Crippen molar-refractivity contribution in [3.63, 3.8) is 0 Å². The van der Waals surface area contributed by atoms with Gasteiger partial charge in [0.1, 0.15) is 5.58 Å². The number of furan rings is 1. The van der Waals surface area contributed by atoms with Crippen LogP contribution in [0.4, 0.5) is 0 Å². The SMILES string of the molecule is CC(C)(C)c1cccc(-c2ccccc2)c1-n1c(-c2[c-]ccc3c2oc2ccccc23)nc2ccccc21.CC(C)Cc1cc(-c2[c-]cc(C(C)(C)C)cc2)ncc1[Si](C)(C)C.[Ir]. The van der Waals surface area contributed by atoms with E-state index in [4.69, 9.17) is 14.4 Å². The third kappa shape index (κ3) is 9.46. The monoisotopic (exact) mass is 1020 g/mol. The fraction of sp³-hybridized carbons (Fsp3) is 0.263. The average Bonchev–Trinajstić information content (AvgIpc) is 3.82. The summed E-state index contributed by atoms with van der Waals surface area (Å²) in [7, 11) is -1.38. The van der Waals surface area contributed by atoms with Gasteiger partial charge in [0.15, 0.2) is 0 Å². The van der Waals surface area contributed by atoms with E-state index in [-0.39, 0.29) is 30.9 Å². The Morgan fingerprint density at radius 1 is 0.730 bits per heavy atom. The quantitative estimate of drug-likeness (QED) is 0.118. The minimum atomic E-state index is -1.38. The van der Waals surface area contributed by atoms with Gasteiger partial charge in [0, 0.05) is 37.3 Å². The number of pyridine rings is 1. The zero-order valence-electron chi connectivity index (χ0n) is 38.6. The smallest absolute Gasteiger partial charge is 0.120 e. The predicted octanol–water partition coefficient (Wildman–Crippen LogP) is 14.9. The molecule has 0 fully saturated rings. The second kappa shape index (κ2) is 18.0. The van der Waals surface area contributed by atoms with Crippen molar-refractivity contribution in [2.45, 2.75) is 92.3 Å². The first-order chi connectivity index (χ1) is 29.5. The Bertz CT molecular complexity index is 3010. The Labute approximate surface area is 389 Å². The van der Waals surface area contributed by atoms with Crippen LogP contribution in [-0.2, 0) is 37.4 Å². The van der Waals surface area contributed by atoms with Gasteiger partial charge in [-0.25, -0.2) is 0 Å². The Morgan fingerprint density at radius 3 is 2.13 bits per heavy atom. The van der Waals surface area contributed by atoms with Gasteiger partial charge in [-0.1, -0.05) is 176 Å². The number of nitrogens with zero attached hydrogens (tertiary/aromatic N) is 3. The Kier molecular flexibility index (Phi) is 13.0. The summed E-state index contributed by atoms with van der Waals surface area (Å²) in [5.41, 5.74) is 14.2. The van der Waals surface area contributed by atoms with Crippen LogP contribution in [-0.4, -0.2) is 22.6 Å². The summed E-state index contributed by atoms with van der Waals surface area (Å²) < 4.78 is 8.77. The van der Waals surface area contributed by atoms with E-state index < -0.39 is 8.07 Å². The molecule has 323 valence electrons. The molecule has 3 aromatic heterocycles. The first-order valence-electron chi connectivity index (χ1n) is 22.0. The molecule has 4 nitrogen and oxygen atoms in total. The molecule has 9 rings (SSSR count). The molecule has 0 aliphatic rings. The normalized spacial score (nSPS) is 12.1. The molecular formula is C57H59IrN3OSi-2. The van der Waals surface area contributed by atoms with Gasteiger partial charge >= 0.3 is 0 Å². The standard InChI is InChI=1S/C35H27N2O.C22H32NSi.Ir/c1-35(2,3)28-19-12-16-24(23-13-5-4-6-14-23)32(28)37-30-21-9-8-20-29(30)36-34(37)27-18-11-17-26-25-15-7-10-22-31(25)38-33(26)27;1-16(2)13-18-14-20(23-15-21(18)24(6,7)8)17-9-11-19(12-10-17)22(3,4)5;/h4-17,19-22H,1-3H3;9,11-12,14-16H,13H2,1-8H3;/q2*-1;. The van der Waals surface area contributed by atoms with Gasteiger partial charge in [-0.05, 0) is 63.4 Å². The van der Waals surface area contributed by atoms with E-state index in [0.29, 0.717) is 5.92 Å². The molecule has 63 heavy (non-hydrogen) atoms. The zero-order chi connectivity index (χ0) is 44.0. The van der Waals surface area contributed by atoms with Crippen molar-refractivity contribution in [1.82, 2.24) is 14.5 Å². The van der Waals surface area contributed by atoms with Crippen LogP contribution >= 0.6 is 0 Å². The van der Waals surface area contributed by atoms with Crippen LogP contribution in [0, 0.1) is 18.1 Å². The molecule has 0 atom stereocenters. The minimum Gasteiger partial charge on any atom is -0.501 e. The Balaban J connectivity index is 0.000000207. The molecule has 6 aromatic carbocycles. The molecule has 0 amide bonds. The maximum absolute atomic E-state index is 6.45. The number of para-hydroxylation sites is 4. The van der Waals surface area contributed by atoms with Crippen molar-refractivity contribution < 1.29 is 24.5 Å². The van der Waals surface area contributed by atoms with Crippen LogP contribution < -0.4 is 5.19 Å². The number of hydrogen-bond acceptors (Lipinski definition) is 3. The molecule has 0 bridgehead atoms. The summed E-state index contributed by atoms with van der Waals surface area (Å²) in [4.78, 5) is 9.99. The molecule has 0 saturated heterocycles. The number of imidazole rings is 1. The summed E-state index contributed by atoms with van der Waals surface area (Å²) in [5, 5.41) is 3.66. The minimum absolute atomic E-state index is 0. The average molecular weight is 1020 g/mol. The number of benzene rings is 6. The summed E-state index contributed by atoms with van der Waals surface area (Å²) in [6.07, 6.45) is 3.25. The Morgan fingerprint density at radius 2 is 1.44 bits per heavy atom. The summed E-state index contributed by atoms with van der Waals surface area (Å²) in [6, 6.07) is 53.6. The van der Waals surface area contributed by atoms with Crippen LogP contribution in [0.1, 0.15) is 72.1 Å². The van der Waals surface area contributed by atoms with Crippen LogP contribution in [0.5, 0.6) is 0 Å². The molecule has 0 N–H and O–H groups in total. The third-order valence-corrected chi connectivity index (χ3v) is 13.7. The van der Waals surface area contributed by atoms with Gasteiger partial charge in [0.25, 0.3) is 0 Å². The van der Waals surface area contributed by atoms with Crippen LogP contribution in [0.3, 0.4) is 0 Å². The van der Waals surface area contributed by atoms with E-state index in [2.05, 4.69) is 207 Å². The molecule has 0 aliphatic carbocycles. The van der Waals surface area contributed by atoms with Gasteiger partial charge in [0.2, 0.25) is 0 Å². The van der Waals surface area contributed by atoms with E-state index in [1.54, 1.807) is 0 Å². The largest absolute Gasteiger partial charge is 0.501 e. The Hall–Kier alpha value is -5.39. The fourth-order valence-electron chi connectivity index (χ4n) is 8.50. The number of aromatic nitrogens is 3. The van der Waals surface area contributed by atoms with Crippen molar-refractivity contribution in [3.8, 4) is 39.5 Å². The summed E-state index contributed by atoms with van der Waals surface area (Å²) in [6.45, 7) is 25.3. The molecule has 3 heterocycles. The van der Waals surface area contributed by atoms with Gasteiger partial charge in [-0.15, -0.1) is 53.6 Å². The van der Waals surface area contributed by atoms with Crippen molar-refractivity contribution >= 4 is 46.2 Å². The zero-order valence-corrected chi connectivity index (χ0v) is 42.0. The number of hydrogen-bond donors (Lipinski definition) is 0. The maximum atomic E-state index is 6.45. The van der Waals surface area contributed by atoms with Crippen LogP contribution in [0.15, 0.2) is 144 Å². The molecule has 1 radical (unpaired) electrons. The van der Waals surface area contributed by atoms with E-state index in [1.165, 1.54) is 33.0 Å². The number of fused-ring (bicyclic) bond motifs is 4. The summed E-state index contributed by atoms with van der Waals surface area (Å²) >= 11 is 0. The molecular weight excluding hydrogens is 963 g/mol. The first kappa shape index (κ1) is 45.6. The third-order valence-electron chi connectivity index (χ3n) is 11.7. The van der Waals surface area contributed by atoms with Crippen molar-refractivity contribution in [2.75, 3.05) is 0 Å². The van der Waals surface area contributed by atoms with E-state index in [1.807, 2.05) is 24.3 Å². The van der Waals surface area contributed by atoms with E-state index in [0.717, 1.165) is 67.7 Å². The predicted molar refractivity (Wildman–Crippen MR) is 265 cm³/mol. The molecule has 9 aromatic rings. The molecule has 0 saturated carbocycles. The van der Waals surface area contributed by atoms with Gasteiger partial charge in [-0.3, -0.25) is 4.98 Å². The molecule has 6 heteroatoms. The van der Waals surface area contributed by atoms with Crippen LogP contribution in [0.25, 0.3) is 72.4 Å². The molecule has 0 aliphatic heterocycles. The van der Waals surface area contributed by atoms with Crippen molar-refractivity contribution in [1.29, 1.82) is 0 Å². The van der Waals surface area contributed by atoms with Crippen molar-refractivity contribution in [2.24, 2.45) is 5.92 Å². The second-order valence-electron chi connectivity index (χ2n) is 20.1. The number of rotatable bonds is 7. The van der Waals surface area contributed by atoms with Gasteiger partial charge in [0.05, 0.1) is 36.2 Å². The van der Waals surface area contributed by atoms with E-state index in [9.17, 15) is 0 Å². The van der Waals surface area contributed by atoms with Gasteiger partial charge in [-0.2, -0.15) is 0 Å². The molecule has 0 spiro atoms. The van der Waals surface area contributed by atoms with Crippen molar-refractivity contribution in [3.05, 3.63) is 168 Å². The summed E-state index contributed by atoms with van der Waals surface area (Å²) in [5.74, 6) is 1.48. The molecule has 0 unspecified atom stereocenters.